The molecule has 102 valence electrons. The van der Waals surface area contributed by atoms with E-state index in [9.17, 15) is 4.79 Å². The maximum atomic E-state index is 12.1. The molecule has 19 heavy (non-hydrogen) atoms. The van der Waals surface area contributed by atoms with Crippen molar-refractivity contribution in [3.05, 3.63) is 31.9 Å². The molecule has 0 aliphatic rings. The van der Waals surface area contributed by atoms with Crippen molar-refractivity contribution in [1.82, 2.24) is 19.7 Å². The van der Waals surface area contributed by atoms with Gasteiger partial charge in [-0.15, -0.1) is 0 Å². The molecule has 2 aromatic heterocycles. The van der Waals surface area contributed by atoms with Gasteiger partial charge in [0.25, 0.3) is 5.56 Å². The highest BCUT2D eigenvalue weighted by atomic mass is 127. The minimum Gasteiger partial charge on any atom is -0.304 e. The van der Waals surface area contributed by atoms with Crippen LogP contribution in [0.2, 0.25) is 0 Å². The number of hydrogen-bond acceptors (Lipinski definition) is 3. The first kappa shape index (κ1) is 14.2. The minimum atomic E-state index is -0.170. The van der Waals surface area contributed by atoms with E-state index in [0.717, 1.165) is 17.9 Å². The molecule has 0 saturated heterocycles. The smallest absolute Gasteiger partial charge is 0.264 e. The zero-order valence-electron chi connectivity index (χ0n) is 11.5. The summed E-state index contributed by atoms with van der Waals surface area (Å²) in [6.45, 7) is 8.91. The molecule has 0 aromatic carbocycles. The molecule has 2 heterocycles. The molecule has 6 heteroatoms. The molecular weight excluding hydrogens is 355 g/mol. The van der Waals surface area contributed by atoms with E-state index < -0.39 is 0 Å². The number of hydrogen-bond donors (Lipinski definition) is 1. The van der Waals surface area contributed by atoms with Crippen LogP contribution in [-0.4, -0.2) is 19.7 Å². The van der Waals surface area contributed by atoms with Crippen LogP contribution in [0.25, 0.3) is 11.5 Å². The normalized spacial score (nSPS) is 11.8. The fraction of sp³-hybridized carbons (Fsp3) is 0.462. The lowest BCUT2D eigenvalue weighted by molar-refractivity contribution is 0.561. The summed E-state index contributed by atoms with van der Waals surface area (Å²) in [5, 5.41) is 4.21. The SMILES string of the molecule is CCn1nccc1-c1nc(C(C)(C)C)c(I)c(=O)[nH]1. The average Bonchev–Trinajstić information content (AvgIpc) is 2.79. The van der Waals surface area contributed by atoms with E-state index in [1.54, 1.807) is 6.20 Å². The van der Waals surface area contributed by atoms with Crippen molar-refractivity contribution in [1.29, 1.82) is 0 Å². The van der Waals surface area contributed by atoms with Gasteiger partial charge < -0.3 is 4.98 Å². The van der Waals surface area contributed by atoms with E-state index in [1.807, 2.05) is 17.7 Å². The van der Waals surface area contributed by atoms with Crippen molar-refractivity contribution < 1.29 is 0 Å². The average molecular weight is 372 g/mol. The standard InChI is InChI=1S/C13H17IN4O/c1-5-18-8(6-7-15-18)11-16-10(13(2,3)4)9(14)12(19)17-11/h6-7H,5H2,1-4H3,(H,16,17,19). The molecule has 1 N–H and O–H groups in total. The van der Waals surface area contributed by atoms with Gasteiger partial charge in [0.1, 0.15) is 9.26 Å². The summed E-state index contributed by atoms with van der Waals surface area (Å²) >= 11 is 2.05. The Morgan fingerprint density at radius 3 is 2.68 bits per heavy atom. The van der Waals surface area contributed by atoms with Crippen molar-refractivity contribution in [2.75, 3.05) is 0 Å². The van der Waals surface area contributed by atoms with Gasteiger partial charge >= 0.3 is 0 Å². The van der Waals surface area contributed by atoms with Gasteiger partial charge in [0.05, 0.1) is 5.69 Å². The van der Waals surface area contributed by atoms with Crippen molar-refractivity contribution >= 4 is 22.6 Å². The van der Waals surface area contributed by atoms with Gasteiger partial charge in [0, 0.05) is 18.2 Å². The second kappa shape index (κ2) is 5.07. The van der Waals surface area contributed by atoms with Crippen molar-refractivity contribution in [2.45, 2.75) is 39.7 Å². The number of halogens is 1. The number of nitrogens with zero attached hydrogens (tertiary/aromatic N) is 3. The first-order valence-corrected chi connectivity index (χ1v) is 7.25. The third kappa shape index (κ3) is 2.72. The Morgan fingerprint density at radius 1 is 1.42 bits per heavy atom. The number of nitrogens with one attached hydrogen (secondary N) is 1. The summed E-state index contributed by atoms with van der Waals surface area (Å²) in [6, 6.07) is 1.86. The van der Waals surface area contributed by atoms with Crippen LogP contribution >= 0.6 is 22.6 Å². The van der Waals surface area contributed by atoms with Crippen LogP contribution in [0, 0.1) is 3.57 Å². The maximum absolute atomic E-state index is 12.1. The first-order valence-electron chi connectivity index (χ1n) is 6.17. The summed E-state index contributed by atoms with van der Waals surface area (Å²) in [4.78, 5) is 19.5. The number of aromatic nitrogens is 4. The predicted octanol–water partition coefficient (Wildman–Crippen LogP) is 2.56. The molecule has 0 aliphatic carbocycles. The summed E-state index contributed by atoms with van der Waals surface area (Å²) in [5.74, 6) is 0.578. The molecule has 2 rings (SSSR count). The number of aryl methyl sites for hydroxylation is 1. The number of rotatable bonds is 2. The van der Waals surface area contributed by atoms with Gasteiger partial charge in [-0.05, 0) is 35.6 Å². The van der Waals surface area contributed by atoms with Crippen LogP contribution in [0.5, 0.6) is 0 Å². The van der Waals surface area contributed by atoms with Crippen LogP contribution in [0.3, 0.4) is 0 Å². The van der Waals surface area contributed by atoms with Crippen molar-refractivity contribution in [3.8, 4) is 11.5 Å². The van der Waals surface area contributed by atoms with E-state index in [0.29, 0.717) is 9.39 Å². The lowest BCUT2D eigenvalue weighted by Crippen LogP contribution is -2.24. The van der Waals surface area contributed by atoms with E-state index in [1.165, 1.54) is 0 Å². The molecule has 0 fully saturated rings. The Kier molecular flexibility index (Phi) is 3.80. The number of H-pyrrole nitrogens is 1. The Balaban J connectivity index is 2.67. The van der Waals surface area contributed by atoms with Gasteiger partial charge in [-0.3, -0.25) is 9.48 Å². The topological polar surface area (TPSA) is 63.6 Å². The fourth-order valence-corrected chi connectivity index (χ4v) is 2.93. The van der Waals surface area contributed by atoms with Crippen LogP contribution in [-0.2, 0) is 12.0 Å². The molecule has 0 aliphatic heterocycles. The molecule has 0 saturated carbocycles. The van der Waals surface area contributed by atoms with Gasteiger partial charge in [-0.2, -0.15) is 5.10 Å². The summed E-state index contributed by atoms with van der Waals surface area (Å²) in [6.07, 6.45) is 1.72. The molecule has 0 spiro atoms. The molecule has 0 amide bonds. The molecule has 2 aromatic rings. The first-order chi connectivity index (χ1) is 8.84. The lowest BCUT2D eigenvalue weighted by atomic mass is 9.92. The predicted molar refractivity (Wildman–Crippen MR) is 83.2 cm³/mol. The van der Waals surface area contributed by atoms with Gasteiger partial charge in [0.15, 0.2) is 5.82 Å². The molecule has 0 atom stereocenters. The Hall–Kier alpha value is -1.18. The Bertz CT molecular complexity index is 651. The van der Waals surface area contributed by atoms with E-state index in [-0.39, 0.29) is 11.0 Å². The zero-order valence-corrected chi connectivity index (χ0v) is 13.6. The van der Waals surface area contributed by atoms with Crippen LogP contribution in [0.1, 0.15) is 33.4 Å². The van der Waals surface area contributed by atoms with Crippen molar-refractivity contribution in [3.63, 3.8) is 0 Å². The molecule has 5 nitrogen and oxygen atoms in total. The zero-order chi connectivity index (χ0) is 14.2. The maximum Gasteiger partial charge on any atom is 0.264 e. The molecular formula is C13H17IN4O. The Morgan fingerprint density at radius 2 is 2.11 bits per heavy atom. The highest BCUT2D eigenvalue weighted by Crippen LogP contribution is 2.25. The summed E-state index contributed by atoms with van der Waals surface area (Å²) in [7, 11) is 0. The quantitative estimate of drug-likeness (QED) is 0.825. The van der Waals surface area contributed by atoms with Crippen molar-refractivity contribution in [2.24, 2.45) is 0 Å². The fourth-order valence-electron chi connectivity index (χ4n) is 1.86. The highest BCUT2D eigenvalue weighted by Gasteiger charge is 2.23. The second-order valence-electron chi connectivity index (χ2n) is 5.36. The van der Waals surface area contributed by atoms with E-state index in [2.05, 4.69) is 58.4 Å². The third-order valence-electron chi connectivity index (χ3n) is 2.83. The van der Waals surface area contributed by atoms with E-state index >= 15 is 0 Å². The number of aromatic amines is 1. The molecule has 0 unspecified atom stereocenters. The monoisotopic (exact) mass is 372 g/mol. The minimum absolute atomic E-state index is 0.0978. The largest absolute Gasteiger partial charge is 0.304 e. The Labute approximate surface area is 125 Å². The van der Waals surface area contributed by atoms with Crippen LogP contribution in [0.4, 0.5) is 0 Å². The summed E-state index contributed by atoms with van der Waals surface area (Å²) < 4.78 is 2.47. The molecule has 0 radical (unpaired) electrons. The van der Waals surface area contributed by atoms with Crippen LogP contribution in [0.15, 0.2) is 17.1 Å². The second-order valence-corrected chi connectivity index (χ2v) is 6.44. The summed E-state index contributed by atoms with van der Waals surface area (Å²) in [5.41, 5.74) is 1.38. The van der Waals surface area contributed by atoms with Gasteiger partial charge in [-0.25, -0.2) is 4.98 Å². The third-order valence-corrected chi connectivity index (χ3v) is 3.83. The van der Waals surface area contributed by atoms with Gasteiger partial charge in [0.2, 0.25) is 0 Å². The lowest BCUT2D eigenvalue weighted by Gasteiger charge is -2.19. The van der Waals surface area contributed by atoms with Gasteiger partial charge in [-0.1, -0.05) is 20.8 Å². The molecule has 0 bridgehead atoms. The highest BCUT2D eigenvalue weighted by molar-refractivity contribution is 14.1. The van der Waals surface area contributed by atoms with Crippen LogP contribution < -0.4 is 5.56 Å². The van der Waals surface area contributed by atoms with E-state index in [4.69, 9.17) is 0 Å².